The SMILES string of the molecule is CN(C)S(=O)(=O)c1ccc2c(c1)NC(=O)CO2. The fraction of sp³-hybridized carbons (Fsp3) is 0.300. The summed E-state index contributed by atoms with van der Waals surface area (Å²) in [4.78, 5) is 11.2. The molecule has 0 atom stereocenters. The van der Waals surface area contributed by atoms with E-state index in [4.69, 9.17) is 4.74 Å². The lowest BCUT2D eigenvalue weighted by molar-refractivity contribution is -0.118. The molecular weight excluding hydrogens is 244 g/mol. The average Bonchev–Trinajstić information content (AvgIpc) is 2.27. The highest BCUT2D eigenvalue weighted by molar-refractivity contribution is 7.89. The second-order valence-electron chi connectivity index (χ2n) is 3.78. The lowest BCUT2D eigenvalue weighted by Gasteiger charge is -2.19. The third kappa shape index (κ3) is 2.11. The van der Waals surface area contributed by atoms with Crippen LogP contribution in [0.15, 0.2) is 23.1 Å². The van der Waals surface area contributed by atoms with Crippen LogP contribution in [0.25, 0.3) is 0 Å². The van der Waals surface area contributed by atoms with Gasteiger partial charge in [0.05, 0.1) is 10.6 Å². The molecule has 0 fully saturated rings. The normalized spacial score (nSPS) is 15.1. The number of benzene rings is 1. The van der Waals surface area contributed by atoms with Gasteiger partial charge in [-0.15, -0.1) is 0 Å². The third-order valence-corrected chi connectivity index (χ3v) is 4.17. The lowest BCUT2D eigenvalue weighted by atomic mass is 10.2. The van der Waals surface area contributed by atoms with Crippen LogP contribution in [0.1, 0.15) is 0 Å². The highest BCUT2D eigenvalue weighted by Gasteiger charge is 2.22. The van der Waals surface area contributed by atoms with Crippen molar-refractivity contribution in [1.82, 2.24) is 4.31 Å². The van der Waals surface area contributed by atoms with Gasteiger partial charge < -0.3 is 10.1 Å². The summed E-state index contributed by atoms with van der Waals surface area (Å²) >= 11 is 0. The number of fused-ring (bicyclic) bond motifs is 1. The van der Waals surface area contributed by atoms with E-state index >= 15 is 0 Å². The van der Waals surface area contributed by atoms with Crippen molar-refractivity contribution in [1.29, 1.82) is 0 Å². The molecule has 1 amide bonds. The topological polar surface area (TPSA) is 75.7 Å². The zero-order valence-corrected chi connectivity index (χ0v) is 10.2. The standard InChI is InChI=1S/C10H12N2O4S/c1-12(2)17(14,15)7-3-4-9-8(5-7)11-10(13)6-16-9/h3-5H,6H2,1-2H3,(H,11,13). The van der Waals surface area contributed by atoms with Gasteiger partial charge in [0.25, 0.3) is 5.91 Å². The summed E-state index contributed by atoms with van der Waals surface area (Å²) in [5.41, 5.74) is 0.379. The summed E-state index contributed by atoms with van der Waals surface area (Å²) in [5, 5.41) is 2.56. The monoisotopic (exact) mass is 256 g/mol. The van der Waals surface area contributed by atoms with Gasteiger partial charge >= 0.3 is 0 Å². The van der Waals surface area contributed by atoms with Gasteiger partial charge in [-0.3, -0.25) is 4.79 Å². The van der Waals surface area contributed by atoms with E-state index in [1.54, 1.807) is 0 Å². The molecule has 1 aromatic rings. The van der Waals surface area contributed by atoms with E-state index in [2.05, 4.69) is 5.32 Å². The van der Waals surface area contributed by atoms with Gasteiger partial charge in [-0.05, 0) is 18.2 Å². The lowest BCUT2D eigenvalue weighted by Crippen LogP contribution is -2.26. The predicted octanol–water partition coefficient (Wildman–Crippen LogP) is 0.268. The summed E-state index contributed by atoms with van der Waals surface area (Å²) in [5.74, 6) is 0.180. The molecule has 1 N–H and O–H groups in total. The second-order valence-corrected chi connectivity index (χ2v) is 5.93. The molecule has 7 heteroatoms. The van der Waals surface area contributed by atoms with Crippen molar-refractivity contribution in [3.63, 3.8) is 0 Å². The Balaban J connectivity index is 2.47. The minimum absolute atomic E-state index is 0.0488. The Labute approximate surface area is 99.2 Å². The van der Waals surface area contributed by atoms with Crippen LogP contribution >= 0.6 is 0 Å². The maximum atomic E-state index is 11.9. The number of hydrogen-bond donors (Lipinski definition) is 1. The fourth-order valence-corrected chi connectivity index (χ4v) is 2.36. The van der Waals surface area contributed by atoms with E-state index in [-0.39, 0.29) is 17.4 Å². The Hall–Kier alpha value is -1.60. The van der Waals surface area contributed by atoms with Crippen LogP contribution in [0.2, 0.25) is 0 Å². The first kappa shape index (κ1) is 11.9. The van der Waals surface area contributed by atoms with Gasteiger partial charge in [0.15, 0.2) is 6.61 Å². The Kier molecular flexibility index (Phi) is 2.80. The van der Waals surface area contributed by atoms with Crippen molar-refractivity contribution in [3.8, 4) is 5.75 Å². The molecule has 92 valence electrons. The van der Waals surface area contributed by atoms with Gasteiger partial charge in [0.2, 0.25) is 10.0 Å². The van der Waals surface area contributed by atoms with Crippen LogP contribution in [-0.2, 0) is 14.8 Å². The molecule has 0 aromatic heterocycles. The summed E-state index contributed by atoms with van der Waals surface area (Å²) in [6, 6.07) is 4.37. The number of nitrogens with one attached hydrogen (secondary N) is 1. The summed E-state index contributed by atoms with van der Waals surface area (Å²) < 4.78 is 30.0. The number of carbonyl (C=O) groups is 1. The van der Waals surface area contributed by atoms with Gasteiger partial charge in [-0.2, -0.15) is 0 Å². The van der Waals surface area contributed by atoms with Crippen LogP contribution in [0.4, 0.5) is 5.69 Å². The van der Waals surface area contributed by atoms with Crippen molar-refractivity contribution in [2.24, 2.45) is 0 Å². The molecule has 2 rings (SSSR count). The molecular formula is C10H12N2O4S. The highest BCUT2D eigenvalue weighted by Crippen LogP contribution is 2.30. The smallest absolute Gasteiger partial charge is 0.262 e. The number of carbonyl (C=O) groups excluding carboxylic acids is 1. The van der Waals surface area contributed by atoms with Gasteiger partial charge in [0, 0.05) is 14.1 Å². The molecule has 0 saturated heterocycles. The number of anilines is 1. The van der Waals surface area contributed by atoms with E-state index in [1.165, 1.54) is 32.3 Å². The number of amides is 1. The van der Waals surface area contributed by atoms with Gasteiger partial charge in [-0.25, -0.2) is 12.7 Å². The van der Waals surface area contributed by atoms with E-state index in [0.29, 0.717) is 11.4 Å². The maximum Gasteiger partial charge on any atom is 0.262 e. The fourth-order valence-electron chi connectivity index (χ4n) is 1.43. The van der Waals surface area contributed by atoms with Crippen molar-refractivity contribution in [2.75, 3.05) is 26.0 Å². The summed E-state index contributed by atoms with van der Waals surface area (Å²) in [7, 11) is -0.605. The van der Waals surface area contributed by atoms with Gasteiger partial charge in [0.1, 0.15) is 5.75 Å². The molecule has 0 unspecified atom stereocenters. The van der Waals surface area contributed by atoms with Crippen LogP contribution in [0.5, 0.6) is 5.75 Å². The van der Waals surface area contributed by atoms with Crippen LogP contribution in [-0.4, -0.2) is 39.3 Å². The van der Waals surface area contributed by atoms with Gasteiger partial charge in [-0.1, -0.05) is 0 Å². The van der Waals surface area contributed by atoms with E-state index in [9.17, 15) is 13.2 Å². The molecule has 0 aliphatic carbocycles. The largest absolute Gasteiger partial charge is 0.482 e. The third-order valence-electron chi connectivity index (χ3n) is 2.36. The molecule has 6 nitrogen and oxygen atoms in total. The quantitative estimate of drug-likeness (QED) is 0.824. The molecule has 1 aliphatic rings. The van der Waals surface area contributed by atoms with E-state index in [0.717, 1.165) is 4.31 Å². The first-order chi connectivity index (χ1) is 7.91. The maximum absolute atomic E-state index is 11.9. The predicted molar refractivity (Wildman–Crippen MR) is 61.4 cm³/mol. The molecule has 0 radical (unpaired) electrons. The minimum atomic E-state index is -3.50. The Morgan fingerprint density at radius 1 is 1.35 bits per heavy atom. The number of ether oxygens (including phenoxy) is 1. The number of hydrogen-bond acceptors (Lipinski definition) is 4. The van der Waals surface area contributed by atoms with E-state index in [1.807, 2.05) is 0 Å². The Bertz CT molecular complexity index is 566. The molecule has 0 spiro atoms. The van der Waals surface area contributed by atoms with E-state index < -0.39 is 10.0 Å². The van der Waals surface area contributed by atoms with Crippen molar-refractivity contribution < 1.29 is 17.9 Å². The van der Waals surface area contributed by atoms with Crippen LogP contribution in [0.3, 0.4) is 0 Å². The molecule has 17 heavy (non-hydrogen) atoms. The second kappa shape index (κ2) is 4.01. The molecule has 1 heterocycles. The molecule has 1 aliphatic heterocycles. The van der Waals surface area contributed by atoms with Crippen LogP contribution in [0, 0.1) is 0 Å². The van der Waals surface area contributed by atoms with Crippen molar-refractivity contribution in [3.05, 3.63) is 18.2 Å². The Morgan fingerprint density at radius 2 is 2.06 bits per heavy atom. The molecule has 0 bridgehead atoms. The minimum Gasteiger partial charge on any atom is -0.482 e. The average molecular weight is 256 g/mol. The number of sulfonamides is 1. The number of nitrogens with zero attached hydrogens (tertiary/aromatic N) is 1. The van der Waals surface area contributed by atoms with Crippen molar-refractivity contribution >= 4 is 21.6 Å². The number of rotatable bonds is 2. The molecule has 1 aromatic carbocycles. The Morgan fingerprint density at radius 3 is 2.71 bits per heavy atom. The summed E-state index contributed by atoms with van der Waals surface area (Å²) in [6.45, 7) is -0.0488. The first-order valence-corrected chi connectivity index (χ1v) is 6.34. The van der Waals surface area contributed by atoms with Crippen molar-refractivity contribution in [2.45, 2.75) is 4.90 Å². The zero-order chi connectivity index (χ0) is 12.6. The zero-order valence-electron chi connectivity index (χ0n) is 9.43. The first-order valence-electron chi connectivity index (χ1n) is 4.90. The molecule has 0 saturated carbocycles. The van der Waals surface area contributed by atoms with Crippen LogP contribution < -0.4 is 10.1 Å². The summed E-state index contributed by atoms with van der Waals surface area (Å²) in [6.07, 6.45) is 0. The highest BCUT2D eigenvalue weighted by atomic mass is 32.2.